The van der Waals surface area contributed by atoms with Crippen LogP contribution in [0.2, 0.25) is 0 Å². The lowest BCUT2D eigenvalue weighted by molar-refractivity contribution is -0.147. The average Bonchev–Trinajstić information content (AvgIpc) is 3.16. The number of likely N-dealkylation sites (tertiary alicyclic amines) is 1. The van der Waals surface area contributed by atoms with Crippen LogP contribution in [-0.2, 0) is 14.4 Å². The normalized spacial score (nSPS) is 36.8. The van der Waals surface area contributed by atoms with Gasteiger partial charge in [-0.1, -0.05) is 6.92 Å². The highest BCUT2D eigenvalue weighted by atomic mass is 32.2. The van der Waals surface area contributed by atoms with Gasteiger partial charge in [0.1, 0.15) is 5.54 Å². The van der Waals surface area contributed by atoms with Gasteiger partial charge in [0, 0.05) is 24.8 Å². The van der Waals surface area contributed by atoms with E-state index in [1.807, 2.05) is 4.90 Å². The molecule has 2 aliphatic heterocycles. The van der Waals surface area contributed by atoms with Gasteiger partial charge in [-0.3, -0.25) is 9.59 Å². The summed E-state index contributed by atoms with van der Waals surface area (Å²) in [5.74, 6) is 0.233. The van der Waals surface area contributed by atoms with E-state index in [2.05, 4.69) is 12.2 Å². The van der Waals surface area contributed by atoms with Crippen molar-refractivity contribution in [2.24, 2.45) is 11.8 Å². The summed E-state index contributed by atoms with van der Waals surface area (Å²) in [6.07, 6.45) is 4.94. The number of rotatable bonds is 4. The van der Waals surface area contributed by atoms with E-state index in [0.717, 1.165) is 31.4 Å². The van der Waals surface area contributed by atoms with E-state index >= 15 is 0 Å². The summed E-state index contributed by atoms with van der Waals surface area (Å²) in [7, 11) is 0. The molecule has 2 atom stereocenters. The van der Waals surface area contributed by atoms with Crippen molar-refractivity contribution >= 4 is 29.5 Å². The third kappa shape index (κ3) is 3.41. The fourth-order valence-electron chi connectivity index (χ4n) is 4.04. The molecular formula is C17H26N2O4S. The van der Waals surface area contributed by atoms with Gasteiger partial charge in [0.05, 0.1) is 5.92 Å². The van der Waals surface area contributed by atoms with Gasteiger partial charge in [0.25, 0.3) is 0 Å². The fraction of sp³-hybridized carbons (Fsp3) is 0.824. The smallest absolute Gasteiger partial charge is 0.330 e. The van der Waals surface area contributed by atoms with Crippen molar-refractivity contribution in [1.29, 1.82) is 0 Å². The van der Waals surface area contributed by atoms with Gasteiger partial charge in [-0.25, -0.2) is 4.79 Å². The van der Waals surface area contributed by atoms with E-state index in [9.17, 15) is 19.5 Å². The number of carbonyl (C=O) groups excluding carboxylic acids is 2. The van der Waals surface area contributed by atoms with Gasteiger partial charge in [-0.2, -0.15) is 11.8 Å². The maximum atomic E-state index is 12.6. The molecule has 0 spiro atoms. The summed E-state index contributed by atoms with van der Waals surface area (Å²) in [4.78, 5) is 38.4. The van der Waals surface area contributed by atoms with Crippen molar-refractivity contribution in [2.45, 2.75) is 57.0 Å². The molecule has 2 saturated heterocycles. The van der Waals surface area contributed by atoms with E-state index < -0.39 is 17.4 Å². The van der Waals surface area contributed by atoms with Gasteiger partial charge in [0.2, 0.25) is 11.8 Å². The maximum absolute atomic E-state index is 12.6. The Kier molecular flexibility index (Phi) is 5.08. The largest absolute Gasteiger partial charge is 0.479 e. The van der Waals surface area contributed by atoms with Gasteiger partial charge in [-0.15, -0.1) is 0 Å². The van der Waals surface area contributed by atoms with Gasteiger partial charge < -0.3 is 15.3 Å². The quantitative estimate of drug-likeness (QED) is 0.799. The highest BCUT2D eigenvalue weighted by Crippen LogP contribution is 2.33. The number of carbonyl (C=O) groups is 3. The summed E-state index contributed by atoms with van der Waals surface area (Å²) in [5, 5.41) is 12.2. The summed E-state index contributed by atoms with van der Waals surface area (Å²) < 4.78 is 0. The number of hydrogen-bond acceptors (Lipinski definition) is 4. The van der Waals surface area contributed by atoms with Crippen molar-refractivity contribution in [3.63, 3.8) is 0 Å². The molecule has 3 rings (SSSR count). The third-order valence-corrected chi connectivity index (χ3v) is 6.94. The molecule has 1 saturated carbocycles. The van der Waals surface area contributed by atoms with E-state index in [-0.39, 0.29) is 24.3 Å². The summed E-state index contributed by atoms with van der Waals surface area (Å²) in [6, 6.07) is 0.252. The monoisotopic (exact) mass is 354 g/mol. The predicted molar refractivity (Wildman–Crippen MR) is 91.7 cm³/mol. The van der Waals surface area contributed by atoms with Crippen LogP contribution in [-0.4, -0.2) is 57.4 Å². The maximum Gasteiger partial charge on any atom is 0.330 e. The fourth-order valence-corrected chi connectivity index (χ4v) is 5.36. The summed E-state index contributed by atoms with van der Waals surface area (Å²) in [5.41, 5.74) is -1.15. The lowest BCUT2D eigenvalue weighted by Crippen LogP contribution is -2.56. The molecule has 0 aromatic heterocycles. The number of carboxylic acid groups (broad SMARTS) is 1. The minimum absolute atomic E-state index is 0.0416. The van der Waals surface area contributed by atoms with Crippen LogP contribution in [0, 0.1) is 11.8 Å². The lowest BCUT2D eigenvalue weighted by Gasteiger charge is -2.33. The zero-order chi connectivity index (χ0) is 17.3. The molecule has 2 N–H and O–H groups in total. The van der Waals surface area contributed by atoms with Gasteiger partial charge in [0.15, 0.2) is 0 Å². The van der Waals surface area contributed by atoms with Crippen molar-refractivity contribution in [3.8, 4) is 0 Å². The predicted octanol–water partition coefficient (Wildman–Crippen LogP) is 1.49. The van der Waals surface area contributed by atoms with Crippen LogP contribution < -0.4 is 5.32 Å². The first kappa shape index (κ1) is 17.6. The Balaban J connectivity index is 1.60. The number of hydrogen-bond donors (Lipinski definition) is 2. The Labute approximate surface area is 146 Å². The van der Waals surface area contributed by atoms with Crippen molar-refractivity contribution in [2.75, 3.05) is 18.1 Å². The number of carboxylic acids is 1. The molecule has 134 valence electrons. The molecule has 3 aliphatic rings. The molecule has 2 amide bonds. The Morgan fingerprint density at radius 2 is 2.00 bits per heavy atom. The minimum Gasteiger partial charge on any atom is -0.479 e. The second-order valence-corrected chi connectivity index (χ2v) is 8.65. The van der Waals surface area contributed by atoms with Gasteiger partial charge >= 0.3 is 5.97 Å². The first-order valence-corrected chi connectivity index (χ1v) is 9.99. The topological polar surface area (TPSA) is 86.7 Å². The Bertz CT molecular complexity index is 525. The minimum atomic E-state index is -1.15. The van der Waals surface area contributed by atoms with E-state index in [1.165, 1.54) is 0 Å². The SMILES string of the molecule is CC1CCC(N2CC(C(=O)NC3(C(=O)O)CCSC3)CC2=O)CC1. The molecule has 3 fully saturated rings. The van der Waals surface area contributed by atoms with Crippen molar-refractivity contribution < 1.29 is 19.5 Å². The molecule has 7 heteroatoms. The van der Waals surface area contributed by atoms with Crippen LogP contribution in [0.1, 0.15) is 45.4 Å². The summed E-state index contributed by atoms with van der Waals surface area (Å²) >= 11 is 1.54. The molecule has 0 bridgehead atoms. The van der Waals surface area contributed by atoms with E-state index in [1.54, 1.807) is 11.8 Å². The molecule has 0 aromatic rings. The molecule has 0 radical (unpaired) electrons. The molecule has 2 unspecified atom stereocenters. The Morgan fingerprint density at radius 1 is 1.29 bits per heavy atom. The number of nitrogens with zero attached hydrogens (tertiary/aromatic N) is 1. The third-order valence-electron chi connectivity index (χ3n) is 5.75. The van der Waals surface area contributed by atoms with Crippen LogP contribution in [0.4, 0.5) is 0 Å². The molecule has 0 aromatic carbocycles. The highest BCUT2D eigenvalue weighted by Gasteiger charge is 2.46. The number of nitrogens with one attached hydrogen (secondary N) is 1. The first-order chi connectivity index (χ1) is 11.4. The van der Waals surface area contributed by atoms with Crippen LogP contribution in [0.15, 0.2) is 0 Å². The van der Waals surface area contributed by atoms with E-state index in [4.69, 9.17) is 0 Å². The molecule has 1 aliphatic carbocycles. The standard InChI is InChI=1S/C17H26N2O4S/c1-11-2-4-13(5-3-11)19-9-12(8-14(19)20)15(21)18-17(16(22)23)6-7-24-10-17/h11-13H,2-10H2,1H3,(H,18,21)(H,22,23). The molecular weight excluding hydrogens is 328 g/mol. The number of amides is 2. The number of aliphatic carboxylic acids is 1. The van der Waals surface area contributed by atoms with Crippen molar-refractivity contribution in [1.82, 2.24) is 10.2 Å². The van der Waals surface area contributed by atoms with Crippen LogP contribution in [0.3, 0.4) is 0 Å². The Hall–Kier alpha value is -1.24. The first-order valence-electron chi connectivity index (χ1n) is 8.84. The number of thioether (sulfide) groups is 1. The van der Waals surface area contributed by atoms with Crippen LogP contribution in [0.5, 0.6) is 0 Å². The van der Waals surface area contributed by atoms with Crippen molar-refractivity contribution in [3.05, 3.63) is 0 Å². The summed E-state index contributed by atoms with van der Waals surface area (Å²) in [6.45, 7) is 2.68. The zero-order valence-electron chi connectivity index (χ0n) is 14.1. The molecule has 2 heterocycles. The van der Waals surface area contributed by atoms with Crippen LogP contribution >= 0.6 is 11.8 Å². The second kappa shape index (κ2) is 6.94. The average molecular weight is 354 g/mol. The van der Waals surface area contributed by atoms with Crippen LogP contribution in [0.25, 0.3) is 0 Å². The van der Waals surface area contributed by atoms with E-state index in [0.29, 0.717) is 24.6 Å². The lowest BCUT2D eigenvalue weighted by atomic mass is 9.86. The zero-order valence-corrected chi connectivity index (χ0v) is 14.9. The Morgan fingerprint density at radius 3 is 2.58 bits per heavy atom. The molecule has 24 heavy (non-hydrogen) atoms. The molecule has 6 nitrogen and oxygen atoms in total. The second-order valence-electron chi connectivity index (χ2n) is 7.54. The van der Waals surface area contributed by atoms with Gasteiger partial charge in [-0.05, 0) is 43.8 Å². The highest BCUT2D eigenvalue weighted by molar-refractivity contribution is 7.99.